The van der Waals surface area contributed by atoms with Gasteiger partial charge in [0.05, 0.1) is 17.8 Å². The van der Waals surface area contributed by atoms with E-state index in [9.17, 15) is 4.79 Å². The van der Waals surface area contributed by atoms with Crippen LogP contribution in [0, 0.1) is 0 Å². The third kappa shape index (κ3) is 3.44. The Hall–Kier alpha value is -2.10. The van der Waals surface area contributed by atoms with E-state index in [-0.39, 0.29) is 11.9 Å². The Kier molecular flexibility index (Phi) is 4.34. The lowest BCUT2D eigenvalue weighted by molar-refractivity contribution is 0.0934. The summed E-state index contributed by atoms with van der Waals surface area (Å²) in [6.45, 7) is 2.12. The van der Waals surface area contributed by atoms with Gasteiger partial charge in [-0.25, -0.2) is 0 Å². The van der Waals surface area contributed by atoms with E-state index in [0.29, 0.717) is 5.56 Å². The van der Waals surface area contributed by atoms with Crippen LogP contribution in [-0.4, -0.2) is 15.7 Å². The number of hydrogen-bond donors (Lipinski definition) is 1. The lowest BCUT2D eigenvalue weighted by atomic mass is 10.0. The monoisotopic (exact) mass is 257 g/mol. The maximum absolute atomic E-state index is 12.2. The molecule has 2 aromatic rings. The molecule has 1 aromatic carbocycles. The smallest absolute Gasteiger partial charge is 0.254 e. The summed E-state index contributed by atoms with van der Waals surface area (Å²) in [4.78, 5) is 12.2. The molecule has 0 radical (unpaired) electrons. The zero-order valence-electron chi connectivity index (χ0n) is 11.3. The van der Waals surface area contributed by atoms with Crippen molar-refractivity contribution in [1.29, 1.82) is 0 Å². The van der Waals surface area contributed by atoms with Gasteiger partial charge >= 0.3 is 0 Å². The lowest BCUT2D eigenvalue weighted by Gasteiger charge is -2.18. The first kappa shape index (κ1) is 13.3. The van der Waals surface area contributed by atoms with Gasteiger partial charge in [0.15, 0.2) is 0 Å². The summed E-state index contributed by atoms with van der Waals surface area (Å²) in [6.07, 6.45) is 5.26. The Morgan fingerprint density at radius 3 is 2.68 bits per heavy atom. The minimum atomic E-state index is -0.0737. The fourth-order valence-corrected chi connectivity index (χ4v) is 2.08. The molecular weight excluding hydrogens is 238 g/mol. The van der Waals surface area contributed by atoms with E-state index >= 15 is 0 Å². The minimum absolute atomic E-state index is 0.0545. The topological polar surface area (TPSA) is 46.9 Å². The predicted octanol–water partition coefficient (Wildman–Crippen LogP) is 2.69. The van der Waals surface area contributed by atoms with Crippen molar-refractivity contribution in [2.45, 2.75) is 25.8 Å². The van der Waals surface area contributed by atoms with Crippen molar-refractivity contribution in [2.24, 2.45) is 7.05 Å². The highest BCUT2D eigenvalue weighted by Crippen LogP contribution is 2.18. The van der Waals surface area contributed by atoms with Crippen LogP contribution in [0.5, 0.6) is 0 Å². The van der Waals surface area contributed by atoms with Crippen LogP contribution < -0.4 is 5.32 Å². The Labute approximate surface area is 113 Å². The molecule has 0 bridgehead atoms. The van der Waals surface area contributed by atoms with Gasteiger partial charge in [0, 0.05) is 13.2 Å². The summed E-state index contributed by atoms with van der Waals surface area (Å²) in [6, 6.07) is 10.1. The number of aromatic nitrogens is 2. The average molecular weight is 257 g/mol. The van der Waals surface area contributed by atoms with Crippen molar-refractivity contribution >= 4 is 5.91 Å². The standard InChI is InChI=1S/C15H19N3O/c1-3-7-14(12-8-5-4-6-9-12)17-15(19)13-10-16-18(2)11-13/h4-6,8-11,14H,3,7H2,1-2H3,(H,17,19). The first-order valence-corrected chi connectivity index (χ1v) is 6.55. The van der Waals surface area contributed by atoms with E-state index in [2.05, 4.69) is 17.3 Å². The zero-order chi connectivity index (χ0) is 13.7. The molecule has 4 heteroatoms. The summed E-state index contributed by atoms with van der Waals surface area (Å²) in [5, 5.41) is 7.09. The molecule has 0 saturated carbocycles. The second-order valence-electron chi connectivity index (χ2n) is 4.63. The minimum Gasteiger partial charge on any atom is -0.345 e. The first-order chi connectivity index (χ1) is 9.20. The quantitative estimate of drug-likeness (QED) is 0.895. The molecule has 1 N–H and O–H groups in total. The lowest BCUT2D eigenvalue weighted by Crippen LogP contribution is -2.28. The third-order valence-electron chi connectivity index (χ3n) is 3.05. The van der Waals surface area contributed by atoms with Crippen molar-refractivity contribution in [2.75, 3.05) is 0 Å². The molecule has 0 fully saturated rings. The summed E-state index contributed by atoms with van der Waals surface area (Å²) in [5.41, 5.74) is 1.74. The van der Waals surface area contributed by atoms with Crippen LogP contribution in [0.15, 0.2) is 42.7 Å². The number of amides is 1. The number of carbonyl (C=O) groups excluding carboxylic acids is 1. The van der Waals surface area contributed by atoms with Crippen LogP contribution in [-0.2, 0) is 7.05 Å². The number of benzene rings is 1. The maximum Gasteiger partial charge on any atom is 0.254 e. The summed E-state index contributed by atoms with van der Waals surface area (Å²) in [5.74, 6) is -0.0737. The van der Waals surface area contributed by atoms with Crippen LogP contribution >= 0.6 is 0 Å². The molecule has 0 aliphatic carbocycles. The zero-order valence-corrected chi connectivity index (χ0v) is 11.3. The number of hydrogen-bond acceptors (Lipinski definition) is 2. The molecule has 0 aliphatic rings. The van der Waals surface area contributed by atoms with Crippen LogP contribution in [0.3, 0.4) is 0 Å². The number of aryl methyl sites for hydroxylation is 1. The molecule has 1 unspecified atom stereocenters. The number of carbonyl (C=O) groups is 1. The highest BCUT2D eigenvalue weighted by Gasteiger charge is 2.15. The van der Waals surface area contributed by atoms with Gasteiger partial charge in [-0.3, -0.25) is 9.48 Å². The molecule has 19 heavy (non-hydrogen) atoms. The number of nitrogens with one attached hydrogen (secondary N) is 1. The number of rotatable bonds is 5. The molecule has 0 aliphatic heterocycles. The predicted molar refractivity (Wildman–Crippen MR) is 74.8 cm³/mol. The Bertz CT molecular complexity index is 533. The van der Waals surface area contributed by atoms with Gasteiger partial charge in [0.25, 0.3) is 5.91 Å². The molecule has 0 saturated heterocycles. The summed E-state index contributed by atoms with van der Waals surface area (Å²) in [7, 11) is 1.80. The molecule has 1 atom stereocenters. The van der Waals surface area contributed by atoms with Gasteiger partial charge in [0.1, 0.15) is 0 Å². The van der Waals surface area contributed by atoms with Crippen LogP contribution in [0.1, 0.15) is 41.7 Å². The van der Waals surface area contributed by atoms with E-state index in [1.54, 1.807) is 24.1 Å². The molecular formula is C15H19N3O. The summed E-state index contributed by atoms with van der Waals surface area (Å²) >= 11 is 0. The van der Waals surface area contributed by atoms with E-state index in [1.165, 1.54) is 0 Å². The van der Waals surface area contributed by atoms with Gasteiger partial charge in [-0.05, 0) is 12.0 Å². The van der Waals surface area contributed by atoms with E-state index in [0.717, 1.165) is 18.4 Å². The van der Waals surface area contributed by atoms with Crippen molar-refractivity contribution in [3.05, 3.63) is 53.9 Å². The highest BCUT2D eigenvalue weighted by molar-refractivity contribution is 5.93. The van der Waals surface area contributed by atoms with E-state index in [4.69, 9.17) is 0 Å². The second-order valence-corrected chi connectivity index (χ2v) is 4.63. The normalized spacial score (nSPS) is 12.1. The average Bonchev–Trinajstić information content (AvgIpc) is 2.86. The second kappa shape index (κ2) is 6.18. The third-order valence-corrected chi connectivity index (χ3v) is 3.05. The SMILES string of the molecule is CCCC(NC(=O)c1cnn(C)c1)c1ccccc1. The first-order valence-electron chi connectivity index (χ1n) is 6.55. The fraction of sp³-hybridized carbons (Fsp3) is 0.333. The molecule has 2 rings (SSSR count). The van der Waals surface area contributed by atoms with Crippen molar-refractivity contribution in [1.82, 2.24) is 15.1 Å². The van der Waals surface area contributed by atoms with Crippen molar-refractivity contribution in [3.63, 3.8) is 0 Å². The molecule has 4 nitrogen and oxygen atoms in total. The van der Waals surface area contributed by atoms with Crippen LogP contribution in [0.2, 0.25) is 0 Å². The molecule has 1 heterocycles. The van der Waals surface area contributed by atoms with Crippen LogP contribution in [0.4, 0.5) is 0 Å². The Morgan fingerprint density at radius 2 is 2.11 bits per heavy atom. The van der Waals surface area contributed by atoms with Gasteiger partial charge in [-0.1, -0.05) is 43.7 Å². The van der Waals surface area contributed by atoms with Gasteiger partial charge in [0.2, 0.25) is 0 Å². The van der Waals surface area contributed by atoms with Crippen molar-refractivity contribution in [3.8, 4) is 0 Å². The van der Waals surface area contributed by atoms with E-state index < -0.39 is 0 Å². The Balaban J connectivity index is 2.11. The van der Waals surface area contributed by atoms with Crippen molar-refractivity contribution < 1.29 is 4.79 Å². The van der Waals surface area contributed by atoms with Crippen LogP contribution in [0.25, 0.3) is 0 Å². The van der Waals surface area contributed by atoms with E-state index in [1.807, 2.05) is 30.3 Å². The largest absolute Gasteiger partial charge is 0.345 e. The molecule has 1 aromatic heterocycles. The molecule has 1 amide bonds. The fourth-order valence-electron chi connectivity index (χ4n) is 2.08. The van der Waals surface area contributed by atoms with Gasteiger partial charge in [-0.2, -0.15) is 5.10 Å². The molecule has 0 spiro atoms. The Morgan fingerprint density at radius 1 is 1.37 bits per heavy atom. The van der Waals surface area contributed by atoms with Gasteiger partial charge in [-0.15, -0.1) is 0 Å². The molecule has 100 valence electrons. The maximum atomic E-state index is 12.2. The summed E-state index contributed by atoms with van der Waals surface area (Å²) < 4.78 is 1.63. The highest BCUT2D eigenvalue weighted by atomic mass is 16.1. The van der Waals surface area contributed by atoms with Gasteiger partial charge < -0.3 is 5.32 Å². The number of nitrogens with zero attached hydrogens (tertiary/aromatic N) is 2.